The quantitative estimate of drug-likeness (QED) is 0.0911. The molecule has 6 amide bonds. The maximum Gasteiger partial charge on any atom is 0.332 e. The Morgan fingerprint density at radius 2 is 1.54 bits per heavy atom. The highest BCUT2D eigenvalue weighted by Crippen LogP contribution is 2.30. The number of unbranched alkanes of at least 4 members (excludes halogenated alkanes) is 1. The molecule has 1 aliphatic heterocycles. The molecule has 5 atom stereocenters. The van der Waals surface area contributed by atoms with Crippen LogP contribution < -0.4 is 27.0 Å². The maximum absolute atomic E-state index is 14.8. The number of carbonyl (C=O) groups excluding carboxylic acids is 8. The molecule has 16 heteroatoms. The van der Waals surface area contributed by atoms with Crippen LogP contribution >= 0.6 is 0 Å². The van der Waals surface area contributed by atoms with E-state index in [0.29, 0.717) is 32.1 Å². The van der Waals surface area contributed by atoms with Crippen molar-refractivity contribution in [3.63, 3.8) is 0 Å². The monoisotopic (exact) mass is 848 g/mol. The minimum Gasteiger partial charge on any atom is -0.458 e. The van der Waals surface area contributed by atoms with Gasteiger partial charge >= 0.3 is 5.97 Å². The van der Waals surface area contributed by atoms with E-state index >= 15 is 0 Å². The summed E-state index contributed by atoms with van der Waals surface area (Å²) in [5, 5.41) is 12.4. The first kappa shape index (κ1) is 48.3. The number of nitrogens with one attached hydrogen (secondary N) is 4. The van der Waals surface area contributed by atoms with Gasteiger partial charge in [-0.1, -0.05) is 94.8 Å². The zero-order valence-electron chi connectivity index (χ0n) is 36.2. The molecule has 2 aromatic carbocycles. The fourth-order valence-corrected chi connectivity index (χ4v) is 7.92. The predicted octanol–water partition coefficient (Wildman–Crippen LogP) is 2.91. The Balaban J connectivity index is 1.52. The van der Waals surface area contributed by atoms with Gasteiger partial charge in [-0.25, -0.2) is 4.79 Å². The van der Waals surface area contributed by atoms with Gasteiger partial charge in [0.1, 0.15) is 30.3 Å². The first-order valence-electron chi connectivity index (χ1n) is 21.6. The number of Topliss-reactive ketones (excluding diaryl/α,β-unsaturated/α-hetero) is 1. The van der Waals surface area contributed by atoms with E-state index in [1.54, 1.807) is 27.7 Å². The average Bonchev–Trinajstić information content (AvgIpc) is 3.66. The minimum atomic E-state index is -1.31. The lowest BCUT2D eigenvalue weighted by atomic mass is 9.83. The summed E-state index contributed by atoms with van der Waals surface area (Å²) in [6, 6.07) is 9.19. The van der Waals surface area contributed by atoms with E-state index in [-0.39, 0.29) is 37.6 Å². The van der Waals surface area contributed by atoms with Gasteiger partial charge in [-0.3, -0.25) is 33.6 Å². The molecule has 0 aromatic heterocycles. The van der Waals surface area contributed by atoms with Crippen LogP contribution in [0.1, 0.15) is 111 Å². The number of hydrogen-bond acceptors (Lipinski definition) is 10. The molecule has 1 saturated heterocycles. The van der Waals surface area contributed by atoms with Gasteiger partial charge in [0.2, 0.25) is 35.3 Å². The summed E-state index contributed by atoms with van der Waals surface area (Å²) in [4.78, 5) is 107. The molecule has 2 fully saturated rings. The predicted molar refractivity (Wildman–Crippen MR) is 227 cm³/mol. The van der Waals surface area contributed by atoms with Crippen molar-refractivity contribution in [1.29, 1.82) is 0 Å². The average molecular weight is 849 g/mol. The Bertz CT molecular complexity index is 1890. The van der Waals surface area contributed by atoms with E-state index < -0.39 is 90.3 Å². The van der Waals surface area contributed by atoms with Crippen LogP contribution in [0.15, 0.2) is 42.5 Å². The smallest absolute Gasteiger partial charge is 0.332 e. The van der Waals surface area contributed by atoms with Gasteiger partial charge in [-0.05, 0) is 68.7 Å². The Labute approximate surface area is 358 Å². The van der Waals surface area contributed by atoms with Crippen molar-refractivity contribution in [2.75, 3.05) is 19.7 Å². The minimum absolute atomic E-state index is 0.0298. The normalized spacial score (nSPS) is 18.3. The molecular weight excluding hydrogens is 785 g/mol. The van der Waals surface area contributed by atoms with Gasteiger partial charge in [0.25, 0.3) is 5.91 Å². The van der Waals surface area contributed by atoms with E-state index in [9.17, 15) is 38.4 Å². The summed E-state index contributed by atoms with van der Waals surface area (Å²) in [6.45, 7) is 7.71. The molecule has 6 N–H and O–H groups in total. The first-order chi connectivity index (χ1) is 29.0. The zero-order chi connectivity index (χ0) is 44.7. The van der Waals surface area contributed by atoms with Gasteiger partial charge in [-0.2, -0.15) is 0 Å². The number of likely N-dealkylation sites (tertiary alicyclic amines) is 1. The highest BCUT2D eigenvalue weighted by Gasteiger charge is 2.45. The molecule has 3 unspecified atom stereocenters. The van der Waals surface area contributed by atoms with Crippen molar-refractivity contribution in [1.82, 2.24) is 26.2 Å². The Kier molecular flexibility index (Phi) is 18.2. The lowest BCUT2D eigenvalue weighted by Crippen LogP contribution is -2.58. The van der Waals surface area contributed by atoms with Crippen LogP contribution in [0.5, 0.6) is 0 Å². The van der Waals surface area contributed by atoms with E-state index in [0.717, 1.165) is 42.0 Å². The number of nitrogens with zero attached hydrogens (tertiary/aromatic N) is 1. The second-order valence-electron chi connectivity index (χ2n) is 17.1. The molecule has 0 radical (unpaired) electrons. The zero-order valence-corrected chi connectivity index (χ0v) is 36.2. The Hall–Kier alpha value is -5.38. The van der Waals surface area contributed by atoms with Crippen LogP contribution in [0.4, 0.5) is 0 Å². The molecule has 1 aliphatic carbocycles. The van der Waals surface area contributed by atoms with Crippen LogP contribution in [0.3, 0.4) is 0 Å². The van der Waals surface area contributed by atoms with E-state index in [1.165, 1.54) is 4.90 Å². The number of nitrogens with two attached hydrogens (primary N) is 1. The Morgan fingerprint density at radius 3 is 2.20 bits per heavy atom. The number of hydrogen-bond donors (Lipinski definition) is 5. The van der Waals surface area contributed by atoms with Crippen molar-refractivity contribution in [2.24, 2.45) is 11.7 Å². The SMILES string of the molecule is CCCCC(NC(=O)CNC(=O)C(=O)C(CCC)NC(=O)[C@@H]1C[C@@H](OCC(=O)OC(C)(C)C)CN1C(=O)C(NC(=O)Cc1ccc2ccccc2c1)C1CCCCC1)C(N)=O. The third kappa shape index (κ3) is 14.9. The van der Waals surface area contributed by atoms with E-state index in [1.807, 2.05) is 49.4 Å². The van der Waals surface area contributed by atoms with Crippen molar-refractivity contribution in [3.8, 4) is 0 Å². The number of rotatable bonds is 21. The summed E-state index contributed by atoms with van der Waals surface area (Å²) in [5.74, 6) is -5.95. The first-order valence-corrected chi connectivity index (χ1v) is 21.6. The van der Waals surface area contributed by atoms with Crippen molar-refractivity contribution >= 4 is 58.0 Å². The largest absolute Gasteiger partial charge is 0.458 e. The van der Waals surface area contributed by atoms with Crippen LogP contribution in [-0.4, -0.2) is 108 Å². The van der Waals surface area contributed by atoms with Gasteiger partial charge in [0.05, 0.1) is 25.1 Å². The number of amides is 6. The number of ether oxygens (including phenoxy) is 2. The van der Waals surface area contributed by atoms with Gasteiger partial charge in [0, 0.05) is 13.0 Å². The van der Waals surface area contributed by atoms with E-state index in [4.69, 9.17) is 15.2 Å². The highest BCUT2D eigenvalue weighted by atomic mass is 16.6. The van der Waals surface area contributed by atoms with E-state index in [2.05, 4.69) is 21.3 Å². The summed E-state index contributed by atoms with van der Waals surface area (Å²) in [7, 11) is 0. The van der Waals surface area contributed by atoms with Crippen molar-refractivity contribution < 1.29 is 47.8 Å². The third-order valence-electron chi connectivity index (χ3n) is 11.0. The van der Waals surface area contributed by atoms with Gasteiger partial charge in [0.15, 0.2) is 0 Å². The van der Waals surface area contributed by atoms with Gasteiger partial charge < -0.3 is 41.4 Å². The number of esters is 1. The molecule has 2 aromatic rings. The van der Waals surface area contributed by atoms with Crippen LogP contribution in [0.25, 0.3) is 10.8 Å². The summed E-state index contributed by atoms with van der Waals surface area (Å²) in [6.07, 6.45) is 5.52. The topological polar surface area (TPSA) is 232 Å². The number of primary amides is 1. The molecule has 1 saturated carbocycles. The summed E-state index contributed by atoms with van der Waals surface area (Å²) >= 11 is 0. The van der Waals surface area contributed by atoms with Crippen LogP contribution in [0, 0.1) is 5.92 Å². The van der Waals surface area contributed by atoms with Gasteiger partial charge in [-0.15, -0.1) is 0 Å². The fraction of sp³-hybridized carbons (Fsp3) is 0.600. The molecular formula is C45H64N6O10. The standard InChI is InChI=1S/C45H64N6O10/c1-6-8-19-34(41(46)56)48-37(53)25-47-43(58)40(55)33(14-7-2)49-42(57)35-24-32(60-27-38(54)61-45(3,4)5)26-51(35)44(59)39(30-16-10-9-11-17-30)50-36(52)23-28-20-21-29-15-12-13-18-31(29)22-28/h12-13,15,18,20-22,30,32-35,39H,6-11,14,16-17,19,23-27H2,1-5H3,(H2,46,56)(H,47,58)(H,48,53)(H,49,57)(H,50,52)/t32-,33?,34?,35+,39?/m1/s1. The Morgan fingerprint density at radius 1 is 0.836 bits per heavy atom. The van der Waals surface area contributed by atoms with Crippen molar-refractivity contribution in [3.05, 3.63) is 48.0 Å². The number of ketones is 1. The highest BCUT2D eigenvalue weighted by molar-refractivity contribution is 6.38. The number of benzene rings is 2. The lowest BCUT2D eigenvalue weighted by Gasteiger charge is -2.35. The number of fused-ring (bicyclic) bond motifs is 1. The number of carbonyl (C=O) groups is 8. The lowest BCUT2D eigenvalue weighted by molar-refractivity contribution is -0.162. The summed E-state index contributed by atoms with van der Waals surface area (Å²) in [5.41, 5.74) is 5.41. The second-order valence-corrected chi connectivity index (χ2v) is 17.1. The molecule has 4 rings (SSSR count). The molecule has 0 spiro atoms. The summed E-state index contributed by atoms with van der Waals surface area (Å²) < 4.78 is 11.3. The second kappa shape index (κ2) is 23.0. The molecule has 0 bridgehead atoms. The molecule has 2 aliphatic rings. The van der Waals surface area contributed by atoms with Crippen LogP contribution in [-0.2, 0) is 54.3 Å². The van der Waals surface area contributed by atoms with Crippen molar-refractivity contribution in [2.45, 2.75) is 148 Å². The maximum atomic E-state index is 14.8. The molecule has 334 valence electrons. The van der Waals surface area contributed by atoms with Crippen LogP contribution in [0.2, 0.25) is 0 Å². The molecule has 16 nitrogen and oxygen atoms in total. The third-order valence-corrected chi connectivity index (χ3v) is 11.0. The fourth-order valence-electron chi connectivity index (χ4n) is 7.92. The molecule has 61 heavy (non-hydrogen) atoms. The molecule has 1 heterocycles.